The molecule has 27 heavy (non-hydrogen) atoms. The van der Waals surface area contributed by atoms with Crippen LogP contribution in [0.4, 0.5) is 10.1 Å². The average Bonchev–Trinajstić information content (AvgIpc) is 3.06. The van der Waals surface area contributed by atoms with Gasteiger partial charge in [-0.05, 0) is 86.9 Å². The lowest BCUT2D eigenvalue weighted by Gasteiger charge is -2.28. The maximum Gasteiger partial charge on any atom is 0.255 e. The number of nitrogens with one attached hydrogen (secondary N) is 2. The van der Waals surface area contributed by atoms with E-state index in [1.165, 1.54) is 29.8 Å². The number of fused-ring (bicyclic) bond motifs is 1. The maximum atomic E-state index is 13.0. The third-order valence-corrected chi connectivity index (χ3v) is 5.24. The summed E-state index contributed by atoms with van der Waals surface area (Å²) < 4.78 is 13.0. The molecule has 1 amide bonds. The quantitative estimate of drug-likeness (QED) is 0.678. The van der Waals surface area contributed by atoms with Crippen molar-refractivity contribution in [1.29, 1.82) is 0 Å². The van der Waals surface area contributed by atoms with Gasteiger partial charge in [0.15, 0.2) is 0 Å². The topological polar surface area (TPSA) is 48.1 Å². The molecule has 1 aliphatic rings. The van der Waals surface area contributed by atoms with Crippen LogP contribution in [-0.4, -0.2) is 35.9 Å². The SMILES string of the molecule is CN1CCC(c2c[nH]c3ccc(NC(=O)c4ccc(F)cc4)cc23)CC1.Cl. The fourth-order valence-corrected chi connectivity index (χ4v) is 3.68. The molecule has 3 aromatic rings. The highest BCUT2D eigenvalue weighted by Crippen LogP contribution is 2.34. The Balaban J connectivity index is 0.00000210. The molecular formula is C21H23ClFN3O. The highest BCUT2D eigenvalue weighted by Gasteiger charge is 2.21. The van der Waals surface area contributed by atoms with Gasteiger partial charge >= 0.3 is 0 Å². The molecule has 0 bridgehead atoms. The number of aromatic amines is 1. The van der Waals surface area contributed by atoms with Crippen LogP contribution in [0, 0.1) is 5.82 Å². The number of H-pyrrole nitrogens is 1. The number of anilines is 1. The second-order valence-corrected chi connectivity index (χ2v) is 7.04. The second-order valence-electron chi connectivity index (χ2n) is 7.04. The number of hydrogen-bond donors (Lipinski definition) is 2. The molecule has 0 spiro atoms. The van der Waals surface area contributed by atoms with Crippen molar-refractivity contribution in [3.05, 3.63) is 65.6 Å². The van der Waals surface area contributed by atoms with Gasteiger partial charge in [-0.1, -0.05) is 0 Å². The minimum Gasteiger partial charge on any atom is -0.361 e. The smallest absolute Gasteiger partial charge is 0.255 e. The van der Waals surface area contributed by atoms with E-state index < -0.39 is 0 Å². The van der Waals surface area contributed by atoms with E-state index >= 15 is 0 Å². The number of rotatable bonds is 3. The summed E-state index contributed by atoms with van der Waals surface area (Å²) in [6.07, 6.45) is 4.40. The largest absolute Gasteiger partial charge is 0.361 e. The molecule has 0 aliphatic carbocycles. The molecule has 0 atom stereocenters. The molecular weight excluding hydrogens is 365 g/mol. The zero-order valence-corrected chi connectivity index (χ0v) is 16.0. The van der Waals surface area contributed by atoms with Crippen LogP contribution < -0.4 is 5.32 Å². The summed E-state index contributed by atoms with van der Waals surface area (Å²) >= 11 is 0. The van der Waals surface area contributed by atoms with Gasteiger partial charge in [0.1, 0.15) is 5.82 Å². The zero-order valence-electron chi connectivity index (χ0n) is 15.2. The summed E-state index contributed by atoms with van der Waals surface area (Å²) in [5.74, 6) is -0.0400. The predicted octanol–water partition coefficient (Wildman–Crippen LogP) is 4.79. The van der Waals surface area contributed by atoms with Crippen LogP contribution in [0.1, 0.15) is 34.7 Å². The number of amides is 1. The van der Waals surface area contributed by atoms with Crippen molar-refractivity contribution in [3.63, 3.8) is 0 Å². The molecule has 1 aromatic heterocycles. The van der Waals surface area contributed by atoms with Gasteiger partial charge in [-0.25, -0.2) is 4.39 Å². The number of carbonyl (C=O) groups excluding carboxylic acids is 1. The van der Waals surface area contributed by atoms with Gasteiger partial charge in [0.05, 0.1) is 0 Å². The Labute approximate surface area is 164 Å². The van der Waals surface area contributed by atoms with E-state index in [1.807, 2.05) is 18.2 Å². The summed E-state index contributed by atoms with van der Waals surface area (Å²) in [5.41, 5.74) is 3.60. The van der Waals surface area contributed by atoms with Gasteiger partial charge in [0.2, 0.25) is 0 Å². The molecule has 6 heteroatoms. The minimum absolute atomic E-state index is 0. The Bertz CT molecular complexity index is 930. The van der Waals surface area contributed by atoms with Crippen LogP contribution in [0.2, 0.25) is 0 Å². The van der Waals surface area contributed by atoms with Crippen molar-refractivity contribution in [2.45, 2.75) is 18.8 Å². The molecule has 0 unspecified atom stereocenters. The summed E-state index contributed by atoms with van der Waals surface area (Å²) in [6.45, 7) is 2.22. The van der Waals surface area contributed by atoms with E-state index in [0.29, 0.717) is 11.5 Å². The monoisotopic (exact) mass is 387 g/mol. The molecule has 1 saturated heterocycles. The number of likely N-dealkylation sites (tertiary alicyclic amines) is 1. The molecule has 1 fully saturated rings. The molecule has 4 nitrogen and oxygen atoms in total. The molecule has 4 rings (SSSR count). The lowest BCUT2D eigenvalue weighted by atomic mass is 9.89. The van der Waals surface area contributed by atoms with Crippen molar-refractivity contribution >= 4 is 34.9 Å². The summed E-state index contributed by atoms with van der Waals surface area (Å²) in [4.78, 5) is 18.1. The van der Waals surface area contributed by atoms with E-state index in [4.69, 9.17) is 0 Å². The van der Waals surface area contributed by atoms with E-state index in [0.717, 1.165) is 42.5 Å². The van der Waals surface area contributed by atoms with Gasteiger partial charge in [0.25, 0.3) is 5.91 Å². The van der Waals surface area contributed by atoms with Crippen LogP contribution in [0.5, 0.6) is 0 Å². The molecule has 1 aliphatic heterocycles. The van der Waals surface area contributed by atoms with Gasteiger partial charge < -0.3 is 15.2 Å². The molecule has 0 saturated carbocycles. The summed E-state index contributed by atoms with van der Waals surface area (Å²) in [7, 11) is 2.16. The van der Waals surface area contributed by atoms with Crippen molar-refractivity contribution in [2.75, 3.05) is 25.5 Å². The standard InChI is InChI=1S/C21H22FN3O.ClH/c1-25-10-8-14(9-11-25)19-13-23-20-7-6-17(12-18(19)20)24-21(26)15-2-4-16(22)5-3-15;/h2-7,12-14,23H,8-11H2,1H3,(H,24,26);1H. The first-order chi connectivity index (χ1) is 12.6. The number of aromatic nitrogens is 1. The first-order valence-corrected chi connectivity index (χ1v) is 8.96. The normalized spacial score (nSPS) is 15.5. The van der Waals surface area contributed by atoms with Gasteiger partial charge in [-0.15, -0.1) is 12.4 Å². The number of piperidine rings is 1. The Morgan fingerprint density at radius 2 is 1.85 bits per heavy atom. The fraction of sp³-hybridized carbons (Fsp3) is 0.286. The predicted molar refractivity (Wildman–Crippen MR) is 109 cm³/mol. The van der Waals surface area contributed by atoms with Crippen LogP contribution in [-0.2, 0) is 0 Å². The molecule has 0 radical (unpaired) electrons. The lowest BCUT2D eigenvalue weighted by molar-refractivity contribution is 0.102. The zero-order chi connectivity index (χ0) is 18.1. The average molecular weight is 388 g/mol. The summed E-state index contributed by atoms with van der Waals surface area (Å²) in [5, 5.41) is 4.08. The van der Waals surface area contributed by atoms with Gasteiger partial charge in [-0.2, -0.15) is 0 Å². The molecule has 2 heterocycles. The number of halogens is 2. The van der Waals surface area contributed by atoms with Crippen molar-refractivity contribution in [1.82, 2.24) is 9.88 Å². The van der Waals surface area contributed by atoms with Crippen molar-refractivity contribution in [3.8, 4) is 0 Å². The number of benzene rings is 2. The maximum absolute atomic E-state index is 13.0. The molecule has 2 aromatic carbocycles. The van der Waals surface area contributed by atoms with E-state index in [9.17, 15) is 9.18 Å². The van der Waals surface area contributed by atoms with E-state index in [-0.39, 0.29) is 24.1 Å². The first kappa shape index (κ1) is 19.4. The first-order valence-electron chi connectivity index (χ1n) is 8.96. The van der Waals surface area contributed by atoms with Crippen molar-refractivity contribution < 1.29 is 9.18 Å². The number of carbonyl (C=O) groups is 1. The molecule has 2 N–H and O–H groups in total. The van der Waals surface area contributed by atoms with Crippen LogP contribution in [0.25, 0.3) is 10.9 Å². The van der Waals surface area contributed by atoms with E-state index in [2.05, 4.69) is 28.4 Å². The van der Waals surface area contributed by atoms with Gasteiger partial charge in [0, 0.05) is 28.4 Å². The number of hydrogen-bond acceptors (Lipinski definition) is 2. The van der Waals surface area contributed by atoms with Crippen molar-refractivity contribution in [2.24, 2.45) is 0 Å². The fourth-order valence-electron chi connectivity index (χ4n) is 3.68. The Hall–Kier alpha value is -2.37. The highest BCUT2D eigenvalue weighted by molar-refractivity contribution is 6.05. The third kappa shape index (κ3) is 4.15. The minimum atomic E-state index is -0.349. The lowest BCUT2D eigenvalue weighted by Crippen LogP contribution is -2.29. The molecule has 142 valence electrons. The highest BCUT2D eigenvalue weighted by atomic mass is 35.5. The van der Waals surface area contributed by atoms with Gasteiger partial charge in [-0.3, -0.25) is 4.79 Å². The Kier molecular flexibility index (Phi) is 5.82. The van der Waals surface area contributed by atoms with Crippen LogP contribution >= 0.6 is 12.4 Å². The number of nitrogens with zero attached hydrogens (tertiary/aromatic N) is 1. The second kappa shape index (κ2) is 8.11. The Morgan fingerprint density at radius 1 is 1.15 bits per heavy atom. The summed E-state index contributed by atoms with van der Waals surface area (Å²) in [6, 6.07) is 11.5. The van der Waals surface area contributed by atoms with Crippen LogP contribution in [0.15, 0.2) is 48.7 Å². The van der Waals surface area contributed by atoms with Crippen LogP contribution in [0.3, 0.4) is 0 Å². The Morgan fingerprint density at radius 3 is 2.56 bits per heavy atom. The van der Waals surface area contributed by atoms with E-state index in [1.54, 1.807) is 0 Å². The third-order valence-electron chi connectivity index (χ3n) is 5.24.